The standard InChI is InChI=1S/C12H14BrClO/c1-12(2)7-9-6-10(14)5-8(3-4-13)11(9)15-12/h5-6H,3-4,7H2,1-2H3. The van der Waals surface area contributed by atoms with Gasteiger partial charge in [0.05, 0.1) is 0 Å². The molecule has 0 spiro atoms. The van der Waals surface area contributed by atoms with Crippen LogP contribution in [0.25, 0.3) is 0 Å². The highest BCUT2D eigenvalue weighted by Gasteiger charge is 2.31. The Morgan fingerprint density at radius 1 is 1.47 bits per heavy atom. The monoisotopic (exact) mass is 288 g/mol. The summed E-state index contributed by atoms with van der Waals surface area (Å²) in [7, 11) is 0. The maximum Gasteiger partial charge on any atom is 0.126 e. The molecule has 3 heteroatoms. The SMILES string of the molecule is CC1(C)Cc2cc(Cl)cc(CCBr)c2O1. The van der Waals surface area contributed by atoms with Crippen molar-refractivity contribution < 1.29 is 4.74 Å². The molecule has 0 saturated carbocycles. The van der Waals surface area contributed by atoms with Crippen LogP contribution in [0.2, 0.25) is 5.02 Å². The second-order valence-corrected chi connectivity index (χ2v) is 5.76. The normalized spacial score (nSPS) is 17.3. The van der Waals surface area contributed by atoms with E-state index in [0.29, 0.717) is 0 Å². The Kier molecular flexibility index (Phi) is 3.00. The Bertz CT molecular complexity index is 387. The summed E-state index contributed by atoms with van der Waals surface area (Å²) < 4.78 is 5.95. The smallest absolute Gasteiger partial charge is 0.126 e. The van der Waals surface area contributed by atoms with Crippen molar-refractivity contribution in [3.05, 3.63) is 28.3 Å². The van der Waals surface area contributed by atoms with Crippen molar-refractivity contribution in [3.63, 3.8) is 0 Å². The molecule has 15 heavy (non-hydrogen) atoms. The van der Waals surface area contributed by atoms with E-state index >= 15 is 0 Å². The maximum absolute atomic E-state index is 6.09. The van der Waals surface area contributed by atoms with Gasteiger partial charge in [-0.25, -0.2) is 0 Å². The lowest BCUT2D eigenvalue weighted by atomic mass is 10.00. The molecule has 1 nitrogen and oxygen atoms in total. The summed E-state index contributed by atoms with van der Waals surface area (Å²) in [5, 5.41) is 1.75. The lowest BCUT2D eigenvalue weighted by molar-refractivity contribution is 0.137. The molecule has 1 aliphatic rings. The Balaban J connectivity index is 2.43. The Morgan fingerprint density at radius 2 is 2.20 bits per heavy atom. The van der Waals surface area contributed by atoms with Gasteiger partial charge in [0.2, 0.25) is 0 Å². The molecule has 0 aliphatic carbocycles. The second kappa shape index (κ2) is 3.99. The van der Waals surface area contributed by atoms with E-state index in [1.807, 2.05) is 12.1 Å². The maximum atomic E-state index is 6.09. The molecule has 0 N–H and O–H groups in total. The molecular formula is C12H14BrClO. The van der Waals surface area contributed by atoms with Crippen LogP contribution < -0.4 is 4.74 Å². The Labute approximate surface area is 104 Å². The number of fused-ring (bicyclic) bond motifs is 1. The summed E-state index contributed by atoms with van der Waals surface area (Å²) >= 11 is 9.54. The number of halogens is 2. The van der Waals surface area contributed by atoms with Crippen LogP contribution in [0.5, 0.6) is 5.75 Å². The van der Waals surface area contributed by atoms with E-state index in [1.165, 1.54) is 11.1 Å². The summed E-state index contributed by atoms with van der Waals surface area (Å²) in [6, 6.07) is 4.02. The van der Waals surface area contributed by atoms with Crippen LogP contribution in [0.4, 0.5) is 0 Å². The molecule has 0 atom stereocenters. The Morgan fingerprint density at radius 3 is 2.87 bits per heavy atom. The first kappa shape index (κ1) is 11.3. The van der Waals surface area contributed by atoms with E-state index in [0.717, 1.165) is 28.9 Å². The molecule has 0 radical (unpaired) electrons. The molecule has 0 saturated heterocycles. The van der Waals surface area contributed by atoms with Gasteiger partial charge in [-0.15, -0.1) is 0 Å². The fourth-order valence-electron chi connectivity index (χ4n) is 2.03. The molecule has 82 valence electrons. The third-order valence-electron chi connectivity index (χ3n) is 2.57. The molecule has 1 aromatic carbocycles. The van der Waals surface area contributed by atoms with Crippen LogP contribution in [0.15, 0.2) is 12.1 Å². The first-order chi connectivity index (χ1) is 7.02. The average Bonchev–Trinajstić information content (AvgIpc) is 2.40. The highest BCUT2D eigenvalue weighted by molar-refractivity contribution is 9.09. The van der Waals surface area contributed by atoms with Gasteiger partial charge < -0.3 is 4.74 Å². The van der Waals surface area contributed by atoms with E-state index in [1.54, 1.807) is 0 Å². The largest absolute Gasteiger partial charge is 0.487 e. The zero-order valence-electron chi connectivity index (χ0n) is 8.94. The molecular weight excluding hydrogens is 275 g/mol. The van der Waals surface area contributed by atoms with Gasteiger partial charge in [0, 0.05) is 16.8 Å². The summed E-state index contributed by atoms with van der Waals surface area (Å²) in [6.45, 7) is 4.22. The number of hydrogen-bond acceptors (Lipinski definition) is 1. The van der Waals surface area contributed by atoms with E-state index in [2.05, 4.69) is 29.8 Å². The molecule has 0 bridgehead atoms. The van der Waals surface area contributed by atoms with Crippen LogP contribution in [0.3, 0.4) is 0 Å². The molecule has 0 aromatic heterocycles. The molecule has 1 aliphatic heterocycles. The van der Waals surface area contributed by atoms with E-state index < -0.39 is 0 Å². The number of benzene rings is 1. The molecule has 1 aromatic rings. The van der Waals surface area contributed by atoms with Gasteiger partial charge in [0.25, 0.3) is 0 Å². The van der Waals surface area contributed by atoms with Gasteiger partial charge in [-0.05, 0) is 43.5 Å². The molecule has 0 unspecified atom stereocenters. The highest BCUT2D eigenvalue weighted by Crippen LogP contribution is 2.39. The third kappa shape index (κ3) is 2.31. The molecule has 0 fully saturated rings. The summed E-state index contributed by atoms with van der Waals surface area (Å²) in [5.74, 6) is 1.05. The van der Waals surface area contributed by atoms with Gasteiger partial charge in [-0.3, -0.25) is 0 Å². The summed E-state index contributed by atoms with van der Waals surface area (Å²) in [5.41, 5.74) is 2.36. The predicted molar refractivity (Wildman–Crippen MR) is 67.4 cm³/mol. The van der Waals surface area contributed by atoms with Gasteiger partial charge in [0.15, 0.2) is 0 Å². The number of hydrogen-bond donors (Lipinski definition) is 0. The minimum atomic E-state index is -0.0892. The summed E-state index contributed by atoms with van der Waals surface area (Å²) in [6.07, 6.45) is 1.90. The van der Waals surface area contributed by atoms with E-state index in [4.69, 9.17) is 16.3 Å². The quantitative estimate of drug-likeness (QED) is 0.748. The molecule has 2 rings (SSSR count). The van der Waals surface area contributed by atoms with Crippen LogP contribution in [-0.2, 0) is 12.8 Å². The van der Waals surface area contributed by atoms with Crippen molar-refractivity contribution in [2.75, 3.05) is 5.33 Å². The van der Waals surface area contributed by atoms with Crippen LogP contribution in [0.1, 0.15) is 25.0 Å². The first-order valence-electron chi connectivity index (χ1n) is 5.08. The topological polar surface area (TPSA) is 9.23 Å². The van der Waals surface area contributed by atoms with Crippen molar-refractivity contribution in [3.8, 4) is 5.75 Å². The number of alkyl halides is 1. The third-order valence-corrected chi connectivity index (χ3v) is 3.18. The van der Waals surface area contributed by atoms with Crippen molar-refractivity contribution >= 4 is 27.5 Å². The zero-order chi connectivity index (χ0) is 11.1. The van der Waals surface area contributed by atoms with Gasteiger partial charge >= 0.3 is 0 Å². The Hall–Kier alpha value is -0.210. The van der Waals surface area contributed by atoms with Gasteiger partial charge in [0.1, 0.15) is 11.4 Å². The number of rotatable bonds is 2. The second-order valence-electron chi connectivity index (χ2n) is 4.53. The van der Waals surface area contributed by atoms with Crippen molar-refractivity contribution in [2.45, 2.75) is 32.3 Å². The molecule has 1 heterocycles. The highest BCUT2D eigenvalue weighted by atomic mass is 79.9. The minimum absolute atomic E-state index is 0.0892. The molecule has 0 amide bonds. The fraction of sp³-hybridized carbons (Fsp3) is 0.500. The van der Waals surface area contributed by atoms with Crippen molar-refractivity contribution in [1.82, 2.24) is 0 Å². The van der Waals surface area contributed by atoms with Crippen LogP contribution in [0, 0.1) is 0 Å². The predicted octanol–water partition coefficient (Wildman–Crippen LogP) is 3.99. The van der Waals surface area contributed by atoms with Gasteiger partial charge in [-0.2, -0.15) is 0 Å². The van der Waals surface area contributed by atoms with Crippen LogP contribution >= 0.6 is 27.5 Å². The van der Waals surface area contributed by atoms with Crippen molar-refractivity contribution in [2.24, 2.45) is 0 Å². The number of ether oxygens (including phenoxy) is 1. The van der Waals surface area contributed by atoms with E-state index in [9.17, 15) is 0 Å². The van der Waals surface area contributed by atoms with E-state index in [-0.39, 0.29) is 5.60 Å². The number of aryl methyl sites for hydroxylation is 1. The van der Waals surface area contributed by atoms with Gasteiger partial charge in [-0.1, -0.05) is 27.5 Å². The van der Waals surface area contributed by atoms with Crippen molar-refractivity contribution in [1.29, 1.82) is 0 Å². The first-order valence-corrected chi connectivity index (χ1v) is 6.58. The minimum Gasteiger partial charge on any atom is -0.487 e. The average molecular weight is 290 g/mol. The van der Waals surface area contributed by atoms with Crippen LogP contribution in [-0.4, -0.2) is 10.9 Å². The summed E-state index contributed by atoms with van der Waals surface area (Å²) in [4.78, 5) is 0. The lowest BCUT2D eigenvalue weighted by Gasteiger charge is -2.18. The lowest BCUT2D eigenvalue weighted by Crippen LogP contribution is -2.24. The fourth-order valence-corrected chi connectivity index (χ4v) is 2.72. The zero-order valence-corrected chi connectivity index (χ0v) is 11.3.